The van der Waals surface area contributed by atoms with E-state index < -0.39 is 6.61 Å². The highest BCUT2D eigenvalue weighted by Gasteiger charge is 2.14. The lowest BCUT2D eigenvalue weighted by Gasteiger charge is -2.09. The molecule has 0 saturated heterocycles. The van der Waals surface area contributed by atoms with Gasteiger partial charge in [0.2, 0.25) is 5.91 Å². The first-order valence-corrected chi connectivity index (χ1v) is 8.81. The number of hydrogen-bond donors (Lipinski definition) is 1. The molecule has 142 valence electrons. The molecule has 0 fully saturated rings. The molecule has 0 unspecified atom stereocenters. The fraction of sp³-hybridized carbons (Fsp3) is 0.0952. The second-order valence-corrected chi connectivity index (χ2v) is 6.58. The van der Waals surface area contributed by atoms with E-state index in [9.17, 15) is 13.6 Å². The number of ether oxygens (including phenoxy) is 1. The lowest BCUT2D eigenvalue weighted by atomic mass is 10.0. The molecule has 0 spiro atoms. The van der Waals surface area contributed by atoms with Crippen molar-refractivity contribution in [1.82, 2.24) is 0 Å². The summed E-state index contributed by atoms with van der Waals surface area (Å²) in [5.74, 6) is -0.434. The first-order chi connectivity index (χ1) is 13.5. The number of benzene rings is 3. The van der Waals surface area contributed by atoms with Gasteiger partial charge in [-0.25, -0.2) is 0 Å². The Balaban J connectivity index is 1.56. The molecule has 0 saturated carbocycles. The summed E-state index contributed by atoms with van der Waals surface area (Å²) >= 11 is 5.92. The average molecular weight is 402 g/mol. The van der Waals surface area contributed by atoms with Crippen LogP contribution in [0, 0.1) is 0 Å². The summed E-state index contributed by atoms with van der Waals surface area (Å²) in [6.45, 7) is -2.97. The van der Waals surface area contributed by atoms with Gasteiger partial charge in [0.15, 0.2) is 0 Å². The Bertz CT molecular complexity index is 1170. The summed E-state index contributed by atoms with van der Waals surface area (Å²) in [5.41, 5.74) is 1.85. The van der Waals surface area contributed by atoms with Crippen molar-refractivity contribution in [2.75, 3.05) is 5.32 Å². The van der Waals surface area contributed by atoms with Gasteiger partial charge in [0.05, 0.1) is 17.7 Å². The zero-order valence-electron chi connectivity index (χ0n) is 14.4. The Morgan fingerprint density at radius 2 is 1.96 bits per heavy atom. The maximum Gasteiger partial charge on any atom is 0.387 e. The number of carbonyl (C=O) groups excluding carboxylic acids is 1. The largest absolute Gasteiger partial charge is 0.464 e. The molecule has 28 heavy (non-hydrogen) atoms. The normalized spacial score (nSPS) is 11.3. The number of nitrogens with one attached hydrogen (secondary N) is 1. The zero-order chi connectivity index (χ0) is 19.7. The number of fused-ring (bicyclic) bond motifs is 3. The highest BCUT2D eigenvalue weighted by atomic mass is 35.5. The highest BCUT2D eigenvalue weighted by Crippen LogP contribution is 2.31. The Morgan fingerprint density at radius 3 is 2.75 bits per heavy atom. The van der Waals surface area contributed by atoms with E-state index in [1.54, 1.807) is 6.26 Å². The van der Waals surface area contributed by atoms with Crippen molar-refractivity contribution < 1.29 is 22.7 Å². The maximum absolute atomic E-state index is 12.5. The van der Waals surface area contributed by atoms with Gasteiger partial charge in [-0.1, -0.05) is 41.9 Å². The molecule has 4 aromatic rings. The molecule has 7 heteroatoms. The van der Waals surface area contributed by atoms with Crippen LogP contribution in [0.2, 0.25) is 5.02 Å². The number of furan rings is 1. The summed E-state index contributed by atoms with van der Waals surface area (Å²) in [4.78, 5) is 12.5. The van der Waals surface area contributed by atoms with Gasteiger partial charge in [0.1, 0.15) is 11.3 Å². The highest BCUT2D eigenvalue weighted by molar-refractivity contribution is 6.32. The zero-order valence-corrected chi connectivity index (χ0v) is 15.2. The van der Waals surface area contributed by atoms with Crippen LogP contribution in [0.25, 0.3) is 21.7 Å². The first kappa shape index (κ1) is 18.3. The third kappa shape index (κ3) is 3.64. The van der Waals surface area contributed by atoms with Gasteiger partial charge >= 0.3 is 6.61 Å². The molecule has 0 aliphatic carbocycles. The molecule has 0 atom stereocenters. The average Bonchev–Trinajstić information content (AvgIpc) is 3.07. The summed E-state index contributed by atoms with van der Waals surface area (Å²) in [6, 6.07) is 15.8. The van der Waals surface area contributed by atoms with E-state index in [1.807, 2.05) is 36.4 Å². The van der Waals surface area contributed by atoms with Gasteiger partial charge in [0, 0.05) is 16.6 Å². The van der Waals surface area contributed by atoms with E-state index >= 15 is 0 Å². The lowest BCUT2D eigenvalue weighted by Crippen LogP contribution is -2.14. The van der Waals surface area contributed by atoms with E-state index in [4.69, 9.17) is 16.0 Å². The van der Waals surface area contributed by atoms with E-state index in [0.29, 0.717) is 11.3 Å². The predicted octanol–water partition coefficient (Wildman–Crippen LogP) is 6.02. The number of halogens is 3. The summed E-state index contributed by atoms with van der Waals surface area (Å²) in [5, 5.41) is 5.65. The second-order valence-electron chi connectivity index (χ2n) is 6.17. The fourth-order valence-corrected chi connectivity index (χ4v) is 3.38. The second kappa shape index (κ2) is 7.48. The molecule has 1 aromatic heterocycles. The first-order valence-electron chi connectivity index (χ1n) is 8.43. The number of rotatable bonds is 5. The Hall–Kier alpha value is -3.12. The molecule has 4 rings (SSSR count). The van der Waals surface area contributed by atoms with Crippen molar-refractivity contribution in [3.8, 4) is 5.75 Å². The van der Waals surface area contributed by atoms with Gasteiger partial charge in [-0.05, 0) is 35.0 Å². The van der Waals surface area contributed by atoms with Crippen molar-refractivity contribution in [1.29, 1.82) is 0 Å². The van der Waals surface area contributed by atoms with Crippen LogP contribution in [0.5, 0.6) is 5.75 Å². The molecule has 1 heterocycles. The van der Waals surface area contributed by atoms with Crippen LogP contribution in [0.1, 0.15) is 5.56 Å². The number of anilines is 1. The lowest BCUT2D eigenvalue weighted by molar-refractivity contribution is -0.115. The third-order valence-corrected chi connectivity index (χ3v) is 4.62. The molecule has 4 nitrogen and oxygen atoms in total. The Morgan fingerprint density at radius 1 is 1.14 bits per heavy atom. The van der Waals surface area contributed by atoms with Crippen LogP contribution < -0.4 is 10.1 Å². The molecule has 3 aromatic carbocycles. The minimum Gasteiger partial charge on any atom is -0.464 e. The number of hydrogen-bond acceptors (Lipinski definition) is 3. The van der Waals surface area contributed by atoms with Gasteiger partial charge in [0.25, 0.3) is 0 Å². The number of carbonyl (C=O) groups is 1. The monoisotopic (exact) mass is 401 g/mol. The molecule has 0 bridgehead atoms. The van der Waals surface area contributed by atoms with Crippen molar-refractivity contribution >= 4 is 44.9 Å². The van der Waals surface area contributed by atoms with E-state index in [1.165, 1.54) is 18.2 Å². The third-order valence-electron chi connectivity index (χ3n) is 4.32. The van der Waals surface area contributed by atoms with Crippen molar-refractivity contribution in [2.45, 2.75) is 13.0 Å². The summed E-state index contributed by atoms with van der Waals surface area (Å²) in [6.07, 6.45) is 1.66. The molecular formula is C21H14ClF2NO3. The molecular weight excluding hydrogens is 388 g/mol. The predicted molar refractivity (Wildman–Crippen MR) is 104 cm³/mol. The molecule has 0 aliphatic rings. The van der Waals surface area contributed by atoms with Crippen LogP contribution in [0.15, 0.2) is 65.3 Å². The molecule has 1 N–H and O–H groups in total. The number of amides is 1. The van der Waals surface area contributed by atoms with Crippen LogP contribution in [-0.2, 0) is 11.2 Å². The fourth-order valence-electron chi connectivity index (χ4n) is 3.15. The Kier molecular flexibility index (Phi) is 4.88. The minimum absolute atomic E-state index is 0.0159. The van der Waals surface area contributed by atoms with Crippen molar-refractivity contribution in [3.63, 3.8) is 0 Å². The standard InChI is InChI=1S/C21H14ClF2NO3/c22-16-10-14(6-8-17(16)28-21(23)24)25-19(26)9-13-11-27-18-7-5-12-3-1-2-4-15(12)20(13)18/h1-8,10-11,21H,9H2,(H,25,26). The van der Waals surface area contributed by atoms with Crippen LogP contribution in [0.3, 0.4) is 0 Å². The summed E-state index contributed by atoms with van der Waals surface area (Å²) in [7, 11) is 0. The van der Waals surface area contributed by atoms with Crippen molar-refractivity contribution in [2.24, 2.45) is 0 Å². The van der Waals surface area contributed by atoms with Gasteiger partial charge in [-0.3, -0.25) is 4.79 Å². The smallest absolute Gasteiger partial charge is 0.387 e. The summed E-state index contributed by atoms with van der Waals surface area (Å²) < 4.78 is 34.5. The Labute approximate surface area is 163 Å². The quantitative estimate of drug-likeness (QED) is 0.444. The minimum atomic E-state index is -2.97. The topological polar surface area (TPSA) is 51.5 Å². The molecule has 0 aliphatic heterocycles. The van der Waals surface area contributed by atoms with E-state index in [2.05, 4.69) is 10.1 Å². The van der Waals surface area contributed by atoms with Crippen LogP contribution >= 0.6 is 11.6 Å². The van der Waals surface area contributed by atoms with Gasteiger partial charge < -0.3 is 14.5 Å². The van der Waals surface area contributed by atoms with Crippen LogP contribution in [0.4, 0.5) is 14.5 Å². The van der Waals surface area contributed by atoms with Crippen LogP contribution in [-0.4, -0.2) is 12.5 Å². The molecule has 1 amide bonds. The van der Waals surface area contributed by atoms with E-state index in [-0.39, 0.29) is 23.1 Å². The van der Waals surface area contributed by atoms with Gasteiger partial charge in [-0.15, -0.1) is 0 Å². The van der Waals surface area contributed by atoms with Crippen molar-refractivity contribution in [3.05, 3.63) is 71.4 Å². The number of alkyl halides is 2. The SMILES string of the molecule is O=C(Cc1coc2ccc3ccccc3c12)Nc1ccc(OC(F)F)c(Cl)c1. The molecule has 0 radical (unpaired) electrons. The van der Waals surface area contributed by atoms with E-state index in [0.717, 1.165) is 21.7 Å². The van der Waals surface area contributed by atoms with Gasteiger partial charge in [-0.2, -0.15) is 8.78 Å². The maximum atomic E-state index is 12.5.